The monoisotopic (exact) mass is 240 g/mol. The Kier molecular flexibility index (Phi) is 6.49. The Morgan fingerprint density at radius 3 is 2.88 bits per heavy atom. The molecule has 0 amide bonds. The van der Waals surface area contributed by atoms with Crippen LogP contribution in [0.4, 0.5) is 0 Å². The van der Waals surface area contributed by atoms with Crippen molar-refractivity contribution in [1.82, 2.24) is 5.32 Å². The molecular formula is C13H24N2O2. The lowest BCUT2D eigenvalue weighted by atomic mass is 9.81. The van der Waals surface area contributed by atoms with Crippen LogP contribution in [0.25, 0.3) is 0 Å². The van der Waals surface area contributed by atoms with Gasteiger partial charge in [0.25, 0.3) is 0 Å². The zero-order chi connectivity index (χ0) is 12.6. The van der Waals surface area contributed by atoms with E-state index in [0.29, 0.717) is 13.2 Å². The first-order valence-corrected chi connectivity index (χ1v) is 6.62. The Morgan fingerprint density at radius 2 is 2.24 bits per heavy atom. The Labute approximate surface area is 104 Å². The lowest BCUT2D eigenvalue weighted by Crippen LogP contribution is -2.49. The van der Waals surface area contributed by atoms with Crippen LogP contribution in [-0.2, 0) is 9.47 Å². The van der Waals surface area contributed by atoms with Gasteiger partial charge < -0.3 is 9.47 Å². The molecule has 1 saturated carbocycles. The highest BCUT2D eigenvalue weighted by Gasteiger charge is 2.36. The molecule has 1 rings (SSSR count). The predicted octanol–water partition coefficient (Wildman–Crippen LogP) is 1.85. The summed E-state index contributed by atoms with van der Waals surface area (Å²) in [6.45, 7) is 6.86. The molecule has 0 aromatic rings. The molecule has 1 N–H and O–H groups in total. The molecule has 0 bridgehead atoms. The third-order valence-corrected chi connectivity index (χ3v) is 3.22. The number of hydrogen-bond acceptors (Lipinski definition) is 4. The van der Waals surface area contributed by atoms with Gasteiger partial charge in [-0.3, -0.25) is 5.32 Å². The van der Waals surface area contributed by atoms with Crippen LogP contribution in [0.2, 0.25) is 0 Å². The Hall–Kier alpha value is -0.630. The molecule has 0 spiro atoms. The Morgan fingerprint density at radius 1 is 1.41 bits per heavy atom. The number of ether oxygens (including phenoxy) is 2. The minimum absolute atomic E-state index is 0.197. The van der Waals surface area contributed by atoms with Crippen molar-refractivity contribution in [2.75, 3.05) is 26.4 Å². The van der Waals surface area contributed by atoms with Crippen molar-refractivity contribution in [3.63, 3.8) is 0 Å². The second-order valence-corrected chi connectivity index (χ2v) is 4.51. The largest absolute Gasteiger partial charge is 0.379 e. The van der Waals surface area contributed by atoms with E-state index in [1.54, 1.807) is 0 Å². The van der Waals surface area contributed by atoms with Crippen molar-refractivity contribution < 1.29 is 9.47 Å². The molecule has 0 saturated heterocycles. The first kappa shape index (κ1) is 14.4. The second-order valence-electron chi connectivity index (χ2n) is 4.51. The molecule has 98 valence electrons. The van der Waals surface area contributed by atoms with Gasteiger partial charge in [-0.25, -0.2) is 0 Å². The SMILES string of the molecule is CCNC1(C#N)CCCC(OCCOCC)C1. The van der Waals surface area contributed by atoms with Crippen LogP contribution in [-0.4, -0.2) is 38.0 Å². The standard InChI is InChI=1S/C13H24N2O2/c1-3-15-13(11-14)7-5-6-12(10-13)17-9-8-16-4-2/h12,15H,3-10H2,1-2H3. The molecule has 0 aromatic carbocycles. The maximum absolute atomic E-state index is 9.31. The zero-order valence-corrected chi connectivity index (χ0v) is 11.0. The third kappa shape index (κ3) is 4.63. The maximum Gasteiger partial charge on any atom is 0.109 e. The van der Waals surface area contributed by atoms with Crippen molar-refractivity contribution in [2.45, 2.75) is 51.2 Å². The molecule has 0 aromatic heterocycles. The summed E-state index contributed by atoms with van der Waals surface area (Å²) in [6, 6.07) is 2.43. The predicted molar refractivity (Wildman–Crippen MR) is 66.7 cm³/mol. The summed E-state index contributed by atoms with van der Waals surface area (Å²) in [7, 11) is 0. The molecule has 2 unspecified atom stereocenters. The van der Waals surface area contributed by atoms with E-state index < -0.39 is 0 Å². The van der Waals surface area contributed by atoms with Crippen LogP contribution in [0.1, 0.15) is 39.5 Å². The van der Waals surface area contributed by atoms with Gasteiger partial charge in [0, 0.05) is 13.0 Å². The first-order chi connectivity index (χ1) is 8.26. The van der Waals surface area contributed by atoms with Crippen LogP contribution in [0.15, 0.2) is 0 Å². The molecule has 1 aliphatic carbocycles. The van der Waals surface area contributed by atoms with Gasteiger partial charge in [-0.05, 0) is 32.7 Å². The average molecular weight is 240 g/mol. The number of rotatable bonds is 7. The zero-order valence-electron chi connectivity index (χ0n) is 11.0. The van der Waals surface area contributed by atoms with Crippen molar-refractivity contribution in [3.05, 3.63) is 0 Å². The number of nitrogens with zero attached hydrogens (tertiary/aromatic N) is 1. The van der Waals surface area contributed by atoms with Crippen molar-refractivity contribution in [2.24, 2.45) is 0 Å². The summed E-state index contributed by atoms with van der Waals surface area (Å²) < 4.78 is 11.0. The van der Waals surface area contributed by atoms with Crippen molar-refractivity contribution >= 4 is 0 Å². The lowest BCUT2D eigenvalue weighted by Gasteiger charge is -2.36. The molecule has 1 fully saturated rings. The van der Waals surface area contributed by atoms with E-state index in [2.05, 4.69) is 11.4 Å². The van der Waals surface area contributed by atoms with E-state index in [-0.39, 0.29) is 11.6 Å². The average Bonchev–Trinajstić information content (AvgIpc) is 2.35. The topological polar surface area (TPSA) is 54.3 Å². The van der Waals surface area contributed by atoms with Crippen LogP contribution in [0, 0.1) is 11.3 Å². The fourth-order valence-electron chi connectivity index (χ4n) is 2.42. The summed E-state index contributed by atoms with van der Waals surface area (Å²) in [4.78, 5) is 0. The minimum atomic E-state index is -0.372. The fraction of sp³-hybridized carbons (Fsp3) is 0.923. The van der Waals surface area contributed by atoms with Crippen LogP contribution < -0.4 is 5.32 Å². The van der Waals surface area contributed by atoms with E-state index in [4.69, 9.17) is 9.47 Å². The lowest BCUT2D eigenvalue weighted by molar-refractivity contribution is -0.0202. The van der Waals surface area contributed by atoms with Gasteiger partial charge in [0.2, 0.25) is 0 Å². The Balaban J connectivity index is 2.35. The summed E-state index contributed by atoms with van der Waals surface area (Å²) in [6.07, 6.45) is 4.04. The normalized spacial score (nSPS) is 28.9. The van der Waals surface area contributed by atoms with Gasteiger partial charge in [0.05, 0.1) is 25.4 Å². The van der Waals surface area contributed by atoms with E-state index in [1.807, 2.05) is 13.8 Å². The highest BCUT2D eigenvalue weighted by atomic mass is 16.5. The molecule has 4 heteroatoms. The van der Waals surface area contributed by atoms with E-state index >= 15 is 0 Å². The molecule has 17 heavy (non-hydrogen) atoms. The van der Waals surface area contributed by atoms with Gasteiger partial charge >= 0.3 is 0 Å². The fourth-order valence-corrected chi connectivity index (χ4v) is 2.42. The molecular weight excluding hydrogens is 216 g/mol. The highest BCUT2D eigenvalue weighted by molar-refractivity contribution is 5.10. The molecule has 1 aliphatic rings. The van der Waals surface area contributed by atoms with Gasteiger partial charge in [-0.2, -0.15) is 5.26 Å². The van der Waals surface area contributed by atoms with Crippen LogP contribution in [0.5, 0.6) is 0 Å². The highest BCUT2D eigenvalue weighted by Crippen LogP contribution is 2.29. The first-order valence-electron chi connectivity index (χ1n) is 6.62. The van der Waals surface area contributed by atoms with Crippen LogP contribution in [0.3, 0.4) is 0 Å². The number of nitrogens with one attached hydrogen (secondary N) is 1. The summed E-state index contributed by atoms with van der Waals surface area (Å²) in [5.41, 5.74) is -0.372. The summed E-state index contributed by atoms with van der Waals surface area (Å²) in [5.74, 6) is 0. The van der Waals surface area contributed by atoms with Crippen LogP contribution >= 0.6 is 0 Å². The van der Waals surface area contributed by atoms with Gasteiger partial charge in [-0.1, -0.05) is 6.92 Å². The number of nitriles is 1. The maximum atomic E-state index is 9.31. The smallest absolute Gasteiger partial charge is 0.109 e. The van der Waals surface area contributed by atoms with E-state index in [9.17, 15) is 5.26 Å². The van der Waals surface area contributed by atoms with Crippen molar-refractivity contribution in [3.8, 4) is 6.07 Å². The second kappa shape index (κ2) is 7.65. The summed E-state index contributed by atoms with van der Waals surface area (Å²) >= 11 is 0. The Bertz CT molecular complexity index is 248. The quantitative estimate of drug-likeness (QED) is 0.690. The molecule has 0 aliphatic heterocycles. The molecule has 4 nitrogen and oxygen atoms in total. The number of hydrogen-bond donors (Lipinski definition) is 1. The molecule has 0 radical (unpaired) electrons. The van der Waals surface area contributed by atoms with Gasteiger partial charge in [0.15, 0.2) is 0 Å². The minimum Gasteiger partial charge on any atom is -0.379 e. The van der Waals surface area contributed by atoms with E-state index in [0.717, 1.165) is 38.8 Å². The summed E-state index contributed by atoms with van der Waals surface area (Å²) in [5, 5.41) is 12.6. The molecule has 0 heterocycles. The van der Waals surface area contributed by atoms with Crippen molar-refractivity contribution in [1.29, 1.82) is 5.26 Å². The van der Waals surface area contributed by atoms with Gasteiger partial charge in [0.1, 0.15) is 5.54 Å². The third-order valence-electron chi connectivity index (χ3n) is 3.22. The van der Waals surface area contributed by atoms with E-state index in [1.165, 1.54) is 0 Å². The van der Waals surface area contributed by atoms with Gasteiger partial charge in [-0.15, -0.1) is 0 Å². The molecule has 2 atom stereocenters.